The highest BCUT2D eigenvalue weighted by Gasteiger charge is 2.20. The number of aldehydes is 1. The number of amides is 1. The molecule has 8 heteroatoms. The molecule has 2 atom stereocenters. The van der Waals surface area contributed by atoms with E-state index in [2.05, 4.69) is 25.2 Å². The smallest absolute Gasteiger partial charge is 0.257 e. The highest BCUT2D eigenvalue weighted by molar-refractivity contribution is 5.96. The molecule has 0 fully saturated rings. The topological polar surface area (TPSA) is 118 Å². The number of nitrogen functional groups attached to an aromatic ring is 1. The lowest BCUT2D eigenvalue weighted by atomic mass is 9.95. The number of allylic oxidation sites excluding steroid dienone is 1. The number of benzene rings is 3. The molecule has 4 N–H and O–H groups in total. The lowest BCUT2D eigenvalue weighted by Crippen LogP contribution is -2.29. The van der Waals surface area contributed by atoms with Crippen LogP contribution in [0.2, 0.25) is 0 Å². The van der Waals surface area contributed by atoms with Gasteiger partial charge in [-0.2, -0.15) is 0 Å². The van der Waals surface area contributed by atoms with Crippen LogP contribution in [0.15, 0.2) is 84.4 Å². The molecule has 0 aliphatic rings. The highest BCUT2D eigenvalue weighted by Crippen LogP contribution is 2.30. The maximum Gasteiger partial charge on any atom is 0.257 e. The zero-order valence-corrected chi connectivity index (χ0v) is 24.9. The van der Waals surface area contributed by atoms with Crippen LogP contribution in [-0.2, 0) is 16.1 Å². The molecule has 0 aliphatic carbocycles. The van der Waals surface area contributed by atoms with Crippen LogP contribution >= 0.6 is 0 Å². The number of hydrogen-bond acceptors (Lipinski definition) is 6. The average Bonchev–Trinajstić information content (AvgIpc) is 2.99. The minimum atomic E-state index is -1.19. The normalized spacial score (nSPS) is 12.7. The molecular formula is C34H42N4O4. The number of amidine groups is 1. The number of ether oxygens (including phenoxy) is 2. The lowest BCUT2D eigenvalue weighted by molar-refractivity contribution is -0.139. The van der Waals surface area contributed by atoms with Crippen LogP contribution in [-0.4, -0.2) is 38.4 Å². The second-order valence-electron chi connectivity index (χ2n) is 10.3. The SMILES string of the molecule is CC/C=C(\CCC)CC(NC(=O)c1ccc(N(C)C)c(OC(C=O)OCc2ccc(C(=N)N)cc2)c1)c1ccccc1. The number of nitrogens with two attached hydrogens (primary N) is 1. The van der Waals surface area contributed by atoms with E-state index in [1.165, 1.54) is 5.57 Å². The van der Waals surface area contributed by atoms with Crippen molar-refractivity contribution in [1.29, 1.82) is 5.41 Å². The molecule has 0 saturated heterocycles. The van der Waals surface area contributed by atoms with Gasteiger partial charge in [-0.1, -0.05) is 86.5 Å². The van der Waals surface area contributed by atoms with Crippen molar-refractivity contribution in [3.05, 3.63) is 107 Å². The van der Waals surface area contributed by atoms with E-state index in [0.29, 0.717) is 28.8 Å². The Balaban J connectivity index is 1.80. The van der Waals surface area contributed by atoms with Crippen molar-refractivity contribution in [2.75, 3.05) is 19.0 Å². The molecule has 0 aromatic heterocycles. The number of hydrogen-bond donors (Lipinski definition) is 3. The van der Waals surface area contributed by atoms with Gasteiger partial charge in [0.25, 0.3) is 12.2 Å². The van der Waals surface area contributed by atoms with Gasteiger partial charge >= 0.3 is 0 Å². The predicted molar refractivity (Wildman–Crippen MR) is 168 cm³/mol. The molecule has 2 unspecified atom stereocenters. The van der Waals surface area contributed by atoms with E-state index in [1.54, 1.807) is 42.5 Å². The fourth-order valence-corrected chi connectivity index (χ4v) is 4.64. The summed E-state index contributed by atoms with van der Waals surface area (Å²) in [4.78, 5) is 27.3. The average molecular weight is 571 g/mol. The summed E-state index contributed by atoms with van der Waals surface area (Å²) in [6.45, 7) is 4.40. The third-order valence-electron chi connectivity index (χ3n) is 6.77. The molecule has 0 bridgehead atoms. The van der Waals surface area contributed by atoms with Gasteiger partial charge < -0.3 is 25.4 Å². The molecule has 3 aromatic carbocycles. The number of carbonyl (C=O) groups excluding carboxylic acids is 2. The standard InChI is InChI=1S/C34H42N4O4/c1-5-10-24(11-6-2)20-29(26-12-8-7-9-13-26)37-34(40)28-18-19-30(38(3)4)31(21-28)42-32(22-39)41-23-25-14-16-27(17-15-25)33(35)36/h7-10,12-19,21-22,29,32H,5-6,11,20,23H2,1-4H3,(H3,35,36)(H,37,40)/b24-10+. The van der Waals surface area contributed by atoms with Crippen molar-refractivity contribution >= 4 is 23.7 Å². The van der Waals surface area contributed by atoms with Crippen LogP contribution in [0.3, 0.4) is 0 Å². The van der Waals surface area contributed by atoms with Gasteiger partial charge in [-0.05, 0) is 48.6 Å². The number of nitrogens with zero attached hydrogens (tertiary/aromatic N) is 1. The van der Waals surface area contributed by atoms with E-state index in [1.807, 2.05) is 49.3 Å². The number of carbonyl (C=O) groups is 2. The molecule has 0 aliphatic heterocycles. The first kappa shape index (κ1) is 32.1. The Kier molecular flexibility index (Phi) is 12.3. The Morgan fingerprint density at radius 3 is 2.31 bits per heavy atom. The van der Waals surface area contributed by atoms with Crippen LogP contribution in [0.4, 0.5) is 5.69 Å². The summed E-state index contributed by atoms with van der Waals surface area (Å²) in [7, 11) is 3.71. The van der Waals surface area contributed by atoms with Crippen molar-refractivity contribution in [3.63, 3.8) is 0 Å². The maximum absolute atomic E-state index is 13.6. The van der Waals surface area contributed by atoms with Crippen molar-refractivity contribution in [1.82, 2.24) is 5.32 Å². The largest absolute Gasteiger partial charge is 0.455 e. The van der Waals surface area contributed by atoms with Crippen molar-refractivity contribution in [2.24, 2.45) is 5.73 Å². The van der Waals surface area contributed by atoms with Crippen molar-refractivity contribution < 1.29 is 19.1 Å². The van der Waals surface area contributed by atoms with Crippen LogP contribution in [0.1, 0.15) is 72.6 Å². The van der Waals surface area contributed by atoms with E-state index in [-0.39, 0.29) is 24.4 Å². The molecule has 42 heavy (non-hydrogen) atoms. The van der Waals surface area contributed by atoms with E-state index in [0.717, 1.165) is 36.8 Å². The lowest BCUT2D eigenvalue weighted by Gasteiger charge is -2.23. The second kappa shape index (κ2) is 16.1. The summed E-state index contributed by atoms with van der Waals surface area (Å²) in [6, 6.07) is 22.0. The maximum atomic E-state index is 13.6. The first-order valence-corrected chi connectivity index (χ1v) is 14.3. The number of rotatable bonds is 16. The predicted octanol–water partition coefficient (Wildman–Crippen LogP) is 6.15. The summed E-state index contributed by atoms with van der Waals surface area (Å²) in [6.07, 6.45) is 5.33. The first-order chi connectivity index (χ1) is 20.2. The van der Waals surface area contributed by atoms with Gasteiger partial charge in [0.2, 0.25) is 0 Å². The summed E-state index contributed by atoms with van der Waals surface area (Å²) >= 11 is 0. The van der Waals surface area contributed by atoms with Crippen LogP contribution in [0.5, 0.6) is 5.75 Å². The third-order valence-corrected chi connectivity index (χ3v) is 6.77. The van der Waals surface area contributed by atoms with Gasteiger partial charge in [-0.3, -0.25) is 15.0 Å². The fraction of sp³-hybridized carbons (Fsp3) is 0.324. The molecule has 0 heterocycles. The number of anilines is 1. The number of nitrogens with one attached hydrogen (secondary N) is 2. The fourth-order valence-electron chi connectivity index (χ4n) is 4.64. The molecule has 3 rings (SSSR count). The van der Waals surface area contributed by atoms with Crippen LogP contribution in [0.25, 0.3) is 0 Å². The van der Waals surface area contributed by atoms with Crippen molar-refractivity contribution in [3.8, 4) is 5.75 Å². The van der Waals surface area contributed by atoms with Gasteiger partial charge in [0, 0.05) is 25.2 Å². The van der Waals surface area contributed by atoms with Gasteiger partial charge in [-0.15, -0.1) is 0 Å². The van der Waals surface area contributed by atoms with E-state index in [4.69, 9.17) is 20.6 Å². The molecule has 1 amide bonds. The molecule has 0 radical (unpaired) electrons. The minimum absolute atomic E-state index is 0.0226. The van der Waals surface area contributed by atoms with Crippen molar-refractivity contribution in [2.45, 2.75) is 58.5 Å². The Morgan fingerprint density at radius 1 is 1.02 bits per heavy atom. The summed E-state index contributed by atoms with van der Waals surface area (Å²) in [5.74, 6) is 0.0941. The van der Waals surface area contributed by atoms with Crippen LogP contribution < -0.4 is 20.7 Å². The Bertz CT molecular complexity index is 1350. The third kappa shape index (κ3) is 9.31. The summed E-state index contributed by atoms with van der Waals surface area (Å²) in [5.41, 5.74) is 10.4. The Morgan fingerprint density at radius 2 is 1.71 bits per heavy atom. The van der Waals surface area contributed by atoms with Gasteiger partial charge in [0.05, 0.1) is 18.3 Å². The molecule has 222 valence electrons. The first-order valence-electron chi connectivity index (χ1n) is 14.3. The quantitative estimate of drug-likeness (QED) is 0.0625. The monoisotopic (exact) mass is 570 g/mol. The Labute approximate surface area is 249 Å². The molecular weight excluding hydrogens is 528 g/mol. The highest BCUT2D eigenvalue weighted by atomic mass is 16.7. The zero-order chi connectivity index (χ0) is 30.5. The molecule has 0 saturated carbocycles. The minimum Gasteiger partial charge on any atom is -0.455 e. The summed E-state index contributed by atoms with van der Waals surface area (Å²) < 4.78 is 11.7. The van der Waals surface area contributed by atoms with Crippen LogP contribution in [0, 0.1) is 5.41 Å². The molecule has 3 aromatic rings. The van der Waals surface area contributed by atoms with E-state index < -0.39 is 6.29 Å². The molecule has 0 spiro atoms. The molecule has 8 nitrogen and oxygen atoms in total. The zero-order valence-electron chi connectivity index (χ0n) is 24.9. The van der Waals surface area contributed by atoms with Gasteiger partial charge in [-0.25, -0.2) is 0 Å². The van der Waals surface area contributed by atoms with Gasteiger partial charge in [0.1, 0.15) is 11.6 Å². The van der Waals surface area contributed by atoms with E-state index in [9.17, 15) is 9.59 Å². The van der Waals surface area contributed by atoms with Gasteiger partial charge in [0.15, 0.2) is 6.29 Å². The van der Waals surface area contributed by atoms with E-state index >= 15 is 0 Å². The Hall–Kier alpha value is -4.43. The summed E-state index contributed by atoms with van der Waals surface area (Å²) in [5, 5.41) is 10.7. The second-order valence-corrected chi connectivity index (χ2v) is 10.3.